The van der Waals surface area contributed by atoms with Gasteiger partial charge < -0.3 is 14.5 Å². The minimum absolute atomic E-state index is 0.233. The fourth-order valence-electron chi connectivity index (χ4n) is 3.12. The van der Waals surface area contributed by atoms with Crippen molar-refractivity contribution in [3.8, 4) is 5.75 Å². The van der Waals surface area contributed by atoms with Crippen LogP contribution in [0, 0.1) is 0 Å². The Morgan fingerprint density at radius 2 is 1.80 bits per heavy atom. The lowest BCUT2D eigenvalue weighted by Crippen LogP contribution is -2.48. The van der Waals surface area contributed by atoms with Gasteiger partial charge in [-0.05, 0) is 30.2 Å². The molecule has 0 atom stereocenters. The van der Waals surface area contributed by atoms with Gasteiger partial charge in [0.1, 0.15) is 5.75 Å². The predicted molar refractivity (Wildman–Crippen MR) is 102 cm³/mol. The molecule has 0 aromatic heterocycles. The molecule has 0 bridgehead atoms. The molecule has 4 nitrogen and oxygen atoms in total. The van der Waals surface area contributed by atoms with Crippen molar-refractivity contribution in [2.75, 3.05) is 38.2 Å². The third-order valence-corrected chi connectivity index (χ3v) is 4.90. The number of benzene rings is 2. The fraction of sp³-hybridized carbons (Fsp3) is 0.350. The first-order valence-electron chi connectivity index (χ1n) is 8.57. The van der Waals surface area contributed by atoms with E-state index in [1.165, 1.54) is 5.56 Å². The second kappa shape index (κ2) is 8.26. The molecule has 1 aliphatic rings. The molecule has 3 rings (SSSR count). The van der Waals surface area contributed by atoms with Crippen molar-refractivity contribution in [3.63, 3.8) is 0 Å². The van der Waals surface area contributed by atoms with Crippen LogP contribution in [0.15, 0.2) is 48.5 Å². The van der Waals surface area contributed by atoms with Crippen molar-refractivity contribution < 1.29 is 9.53 Å². The van der Waals surface area contributed by atoms with E-state index in [0.717, 1.165) is 38.3 Å². The summed E-state index contributed by atoms with van der Waals surface area (Å²) < 4.78 is 5.20. The van der Waals surface area contributed by atoms with E-state index in [1.807, 2.05) is 41.3 Å². The summed E-state index contributed by atoms with van der Waals surface area (Å²) in [4.78, 5) is 16.6. The Hall–Kier alpha value is -2.20. The van der Waals surface area contributed by atoms with E-state index < -0.39 is 0 Å². The average Bonchev–Trinajstić information content (AvgIpc) is 2.67. The fourth-order valence-corrected chi connectivity index (χ4v) is 3.37. The van der Waals surface area contributed by atoms with Crippen LogP contribution >= 0.6 is 11.6 Å². The Morgan fingerprint density at radius 3 is 2.44 bits per heavy atom. The maximum Gasteiger partial charge on any atom is 0.223 e. The van der Waals surface area contributed by atoms with Gasteiger partial charge in [-0.1, -0.05) is 41.9 Å². The first-order valence-corrected chi connectivity index (χ1v) is 8.95. The maximum absolute atomic E-state index is 12.4. The Kier molecular flexibility index (Phi) is 5.82. The topological polar surface area (TPSA) is 32.8 Å². The zero-order valence-corrected chi connectivity index (χ0v) is 15.2. The van der Waals surface area contributed by atoms with Gasteiger partial charge in [0.2, 0.25) is 5.91 Å². The molecule has 1 heterocycles. The van der Waals surface area contributed by atoms with Crippen molar-refractivity contribution in [1.29, 1.82) is 0 Å². The summed E-state index contributed by atoms with van der Waals surface area (Å²) in [5.74, 6) is 0.913. The molecule has 1 saturated heterocycles. The monoisotopic (exact) mass is 358 g/mol. The van der Waals surface area contributed by atoms with E-state index in [1.54, 1.807) is 7.11 Å². The molecule has 5 heteroatoms. The second-order valence-electron chi connectivity index (χ2n) is 6.17. The van der Waals surface area contributed by atoms with Gasteiger partial charge in [-0.2, -0.15) is 0 Å². The van der Waals surface area contributed by atoms with E-state index in [2.05, 4.69) is 17.0 Å². The standard InChI is InChI=1S/C20H23ClN2O2/c1-25-19-9-8-17(15-18(19)21)22-11-13-23(14-12-22)20(24)10-7-16-5-3-2-4-6-16/h2-6,8-9,15H,7,10-14H2,1H3. The molecule has 1 aliphatic heterocycles. The lowest BCUT2D eigenvalue weighted by atomic mass is 10.1. The van der Waals surface area contributed by atoms with Crippen LogP contribution in [0.5, 0.6) is 5.75 Å². The third-order valence-electron chi connectivity index (χ3n) is 4.60. The number of aryl methyl sites for hydroxylation is 1. The van der Waals surface area contributed by atoms with Gasteiger partial charge >= 0.3 is 0 Å². The van der Waals surface area contributed by atoms with E-state index in [4.69, 9.17) is 16.3 Å². The largest absolute Gasteiger partial charge is 0.495 e. The van der Waals surface area contributed by atoms with Crippen LogP contribution in [0.3, 0.4) is 0 Å². The molecule has 1 amide bonds. The summed E-state index contributed by atoms with van der Waals surface area (Å²) in [5.41, 5.74) is 2.28. The van der Waals surface area contributed by atoms with Gasteiger partial charge in [0.15, 0.2) is 0 Å². The highest BCUT2D eigenvalue weighted by Gasteiger charge is 2.21. The van der Waals surface area contributed by atoms with Gasteiger partial charge in [-0.3, -0.25) is 4.79 Å². The van der Waals surface area contributed by atoms with E-state index in [-0.39, 0.29) is 5.91 Å². The highest BCUT2D eigenvalue weighted by Crippen LogP contribution is 2.29. The molecule has 2 aromatic rings. The number of hydrogen-bond acceptors (Lipinski definition) is 3. The number of carbonyl (C=O) groups excluding carboxylic acids is 1. The predicted octanol–water partition coefficient (Wildman–Crippen LogP) is 3.63. The summed E-state index contributed by atoms with van der Waals surface area (Å²) in [5, 5.41) is 0.612. The Bertz CT molecular complexity index is 713. The van der Waals surface area contributed by atoms with Crippen molar-refractivity contribution in [1.82, 2.24) is 4.90 Å². The summed E-state index contributed by atoms with van der Waals surface area (Å²) in [6.45, 7) is 3.13. The van der Waals surface area contributed by atoms with Crippen LogP contribution in [0.2, 0.25) is 5.02 Å². The third kappa shape index (κ3) is 4.45. The van der Waals surface area contributed by atoms with Crippen LogP contribution in [-0.2, 0) is 11.2 Å². The number of halogens is 1. The van der Waals surface area contributed by atoms with Crippen molar-refractivity contribution >= 4 is 23.2 Å². The molecule has 0 saturated carbocycles. The number of nitrogens with zero attached hydrogens (tertiary/aromatic N) is 2. The molecule has 1 fully saturated rings. The number of piperazine rings is 1. The number of carbonyl (C=O) groups is 1. The molecule has 25 heavy (non-hydrogen) atoms. The first-order chi connectivity index (χ1) is 12.2. The Balaban J connectivity index is 1.51. The lowest BCUT2D eigenvalue weighted by Gasteiger charge is -2.36. The second-order valence-corrected chi connectivity index (χ2v) is 6.58. The van der Waals surface area contributed by atoms with Gasteiger partial charge in [0.25, 0.3) is 0 Å². The highest BCUT2D eigenvalue weighted by atomic mass is 35.5. The molecule has 0 radical (unpaired) electrons. The lowest BCUT2D eigenvalue weighted by molar-refractivity contribution is -0.131. The molecule has 0 N–H and O–H groups in total. The van der Waals surface area contributed by atoms with Crippen molar-refractivity contribution in [3.05, 3.63) is 59.1 Å². The van der Waals surface area contributed by atoms with Crippen LogP contribution in [0.1, 0.15) is 12.0 Å². The number of rotatable bonds is 5. The van der Waals surface area contributed by atoms with Crippen LogP contribution in [0.4, 0.5) is 5.69 Å². The quantitative estimate of drug-likeness (QED) is 0.818. The molecule has 0 unspecified atom stereocenters. The minimum atomic E-state index is 0.233. The number of amides is 1. The smallest absolute Gasteiger partial charge is 0.223 e. The Morgan fingerprint density at radius 1 is 1.08 bits per heavy atom. The normalized spacial score (nSPS) is 14.5. The van der Waals surface area contributed by atoms with Gasteiger partial charge in [0.05, 0.1) is 12.1 Å². The average molecular weight is 359 g/mol. The maximum atomic E-state index is 12.4. The van der Waals surface area contributed by atoms with Crippen molar-refractivity contribution in [2.45, 2.75) is 12.8 Å². The molecule has 0 spiro atoms. The highest BCUT2D eigenvalue weighted by molar-refractivity contribution is 6.32. The van der Waals surface area contributed by atoms with Crippen LogP contribution < -0.4 is 9.64 Å². The number of anilines is 1. The summed E-state index contributed by atoms with van der Waals surface area (Å²) in [6.07, 6.45) is 1.37. The summed E-state index contributed by atoms with van der Waals surface area (Å²) in [7, 11) is 1.61. The van der Waals surface area contributed by atoms with Gasteiger partial charge in [-0.15, -0.1) is 0 Å². The van der Waals surface area contributed by atoms with E-state index in [0.29, 0.717) is 17.2 Å². The Labute approximate surface area is 154 Å². The molecule has 0 aliphatic carbocycles. The number of methoxy groups -OCH3 is 1. The van der Waals surface area contributed by atoms with Gasteiger partial charge in [-0.25, -0.2) is 0 Å². The summed E-state index contributed by atoms with van der Waals surface area (Å²) in [6, 6.07) is 16.0. The van der Waals surface area contributed by atoms with Crippen LogP contribution in [0.25, 0.3) is 0 Å². The first kappa shape index (κ1) is 17.6. The van der Waals surface area contributed by atoms with E-state index >= 15 is 0 Å². The zero-order chi connectivity index (χ0) is 17.6. The minimum Gasteiger partial charge on any atom is -0.495 e. The molecule has 132 valence electrons. The molecule has 2 aromatic carbocycles. The van der Waals surface area contributed by atoms with Crippen LogP contribution in [-0.4, -0.2) is 44.1 Å². The number of ether oxygens (including phenoxy) is 1. The van der Waals surface area contributed by atoms with Crippen molar-refractivity contribution in [2.24, 2.45) is 0 Å². The number of hydrogen-bond donors (Lipinski definition) is 0. The zero-order valence-electron chi connectivity index (χ0n) is 14.5. The molecular weight excluding hydrogens is 336 g/mol. The van der Waals surface area contributed by atoms with Gasteiger partial charge in [0, 0.05) is 38.3 Å². The molecular formula is C20H23ClN2O2. The summed E-state index contributed by atoms with van der Waals surface area (Å²) >= 11 is 6.21. The SMILES string of the molecule is COc1ccc(N2CCN(C(=O)CCc3ccccc3)CC2)cc1Cl. The van der Waals surface area contributed by atoms with E-state index in [9.17, 15) is 4.79 Å².